The molecule has 1 aliphatic heterocycles. The van der Waals surface area contributed by atoms with E-state index in [0.717, 1.165) is 12.5 Å². The Kier molecular flexibility index (Phi) is 4.89. The zero-order valence-corrected chi connectivity index (χ0v) is 14.2. The standard InChI is InChI=1S/C15H25N3S2/c1-11(2)16-10-13-14(12-4-5-12)17-15(20-13)18-6-3-8-19-9-7-18/h11-12,16H,3-10H2,1-2H3. The highest BCUT2D eigenvalue weighted by Crippen LogP contribution is 2.44. The molecule has 2 heterocycles. The molecule has 0 atom stereocenters. The van der Waals surface area contributed by atoms with Gasteiger partial charge in [-0.1, -0.05) is 13.8 Å². The molecule has 1 aromatic heterocycles. The van der Waals surface area contributed by atoms with Gasteiger partial charge in [0, 0.05) is 42.2 Å². The van der Waals surface area contributed by atoms with Crippen molar-refractivity contribution in [3.63, 3.8) is 0 Å². The Hall–Kier alpha value is -0.260. The number of thioether (sulfide) groups is 1. The van der Waals surface area contributed by atoms with E-state index in [4.69, 9.17) is 4.98 Å². The van der Waals surface area contributed by atoms with E-state index in [1.54, 1.807) is 0 Å². The quantitative estimate of drug-likeness (QED) is 0.901. The zero-order valence-electron chi connectivity index (χ0n) is 12.5. The number of hydrogen-bond donors (Lipinski definition) is 1. The maximum Gasteiger partial charge on any atom is 0.185 e. The van der Waals surface area contributed by atoms with Gasteiger partial charge >= 0.3 is 0 Å². The smallest absolute Gasteiger partial charge is 0.185 e. The lowest BCUT2D eigenvalue weighted by Crippen LogP contribution is -2.25. The number of anilines is 1. The molecule has 1 N–H and O–H groups in total. The van der Waals surface area contributed by atoms with Crippen molar-refractivity contribution in [3.05, 3.63) is 10.6 Å². The summed E-state index contributed by atoms with van der Waals surface area (Å²) in [5.41, 5.74) is 1.40. The van der Waals surface area contributed by atoms with Crippen LogP contribution in [-0.2, 0) is 6.54 Å². The minimum absolute atomic E-state index is 0.544. The third kappa shape index (κ3) is 3.68. The molecule has 1 aromatic rings. The third-order valence-electron chi connectivity index (χ3n) is 3.84. The first-order valence-electron chi connectivity index (χ1n) is 7.79. The summed E-state index contributed by atoms with van der Waals surface area (Å²) in [5, 5.41) is 4.83. The highest BCUT2D eigenvalue weighted by Gasteiger charge is 2.30. The van der Waals surface area contributed by atoms with Crippen molar-refractivity contribution < 1.29 is 0 Å². The Morgan fingerprint density at radius 1 is 1.30 bits per heavy atom. The van der Waals surface area contributed by atoms with E-state index in [0.29, 0.717) is 6.04 Å². The molecule has 2 aliphatic rings. The molecule has 3 rings (SSSR count). The second kappa shape index (κ2) is 6.67. The van der Waals surface area contributed by atoms with E-state index in [-0.39, 0.29) is 0 Å². The van der Waals surface area contributed by atoms with Gasteiger partial charge < -0.3 is 10.2 Å². The Balaban J connectivity index is 1.75. The highest BCUT2D eigenvalue weighted by molar-refractivity contribution is 7.99. The minimum atomic E-state index is 0.544. The summed E-state index contributed by atoms with van der Waals surface area (Å²) in [7, 11) is 0. The molecule has 3 nitrogen and oxygen atoms in total. The zero-order chi connectivity index (χ0) is 13.9. The number of nitrogens with one attached hydrogen (secondary N) is 1. The van der Waals surface area contributed by atoms with E-state index in [1.807, 2.05) is 11.3 Å². The van der Waals surface area contributed by atoms with Crippen LogP contribution in [-0.4, -0.2) is 35.6 Å². The van der Waals surface area contributed by atoms with Gasteiger partial charge in [0.05, 0.1) is 5.69 Å². The number of aromatic nitrogens is 1. The van der Waals surface area contributed by atoms with Crippen LogP contribution in [0.4, 0.5) is 5.13 Å². The summed E-state index contributed by atoms with van der Waals surface area (Å²) >= 11 is 4.01. The molecule has 1 aliphatic carbocycles. The number of nitrogens with zero attached hydrogens (tertiary/aromatic N) is 2. The first kappa shape index (κ1) is 14.7. The van der Waals surface area contributed by atoms with Crippen molar-refractivity contribution in [1.29, 1.82) is 0 Å². The normalized spacial score (nSPS) is 20.4. The van der Waals surface area contributed by atoms with Crippen LogP contribution in [0.3, 0.4) is 0 Å². The topological polar surface area (TPSA) is 28.2 Å². The molecule has 112 valence electrons. The van der Waals surface area contributed by atoms with Crippen molar-refractivity contribution in [2.45, 2.75) is 51.6 Å². The van der Waals surface area contributed by atoms with E-state index in [9.17, 15) is 0 Å². The molecule has 5 heteroatoms. The van der Waals surface area contributed by atoms with Crippen molar-refractivity contribution in [2.24, 2.45) is 0 Å². The Bertz CT molecular complexity index is 432. The summed E-state index contributed by atoms with van der Waals surface area (Å²) in [6.45, 7) is 7.76. The van der Waals surface area contributed by atoms with Crippen LogP contribution < -0.4 is 10.2 Å². The van der Waals surface area contributed by atoms with E-state index in [2.05, 4.69) is 35.8 Å². The summed E-state index contributed by atoms with van der Waals surface area (Å²) in [6.07, 6.45) is 3.98. The van der Waals surface area contributed by atoms with Gasteiger partial charge in [0.15, 0.2) is 5.13 Å². The minimum Gasteiger partial charge on any atom is -0.347 e. The van der Waals surface area contributed by atoms with Gasteiger partial charge in [0.25, 0.3) is 0 Å². The SMILES string of the molecule is CC(C)NCc1sc(N2CCCSCC2)nc1C1CC1. The van der Waals surface area contributed by atoms with Gasteiger partial charge in [-0.2, -0.15) is 11.8 Å². The number of thiazole rings is 1. The number of hydrogen-bond acceptors (Lipinski definition) is 5. The molecule has 0 spiro atoms. The van der Waals surface area contributed by atoms with Crippen molar-refractivity contribution in [1.82, 2.24) is 10.3 Å². The molecule has 0 radical (unpaired) electrons. The molecule has 20 heavy (non-hydrogen) atoms. The van der Waals surface area contributed by atoms with Crippen LogP contribution in [0.15, 0.2) is 0 Å². The summed E-state index contributed by atoms with van der Waals surface area (Å²) < 4.78 is 0. The van der Waals surface area contributed by atoms with Gasteiger partial charge in [0.2, 0.25) is 0 Å². The molecule has 2 fully saturated rings. The maximum absolute atomic E-state index is 5.01. The van der Waals surface area contributed by atoms with E-state index < -0.39 is 0 Å². The second-order valence-electron chi connectivity index (χ2n) is 6.07. The lowest BCUT2D eigenvalue weighted by atomic mass is 10.2. The lowest BCUT2D eigenvalue weighted by molar-refractivity contribution is 0.590. The van der Waals surface area contributed by atoms with E-state index in [1.165, 1.54) is 59.6 Å². The Labute approximate surface area is 130 Å². The predicted molar refractivity (Wildman–Crippen MR) is 90.2 cm³/mol. The van der Waals surface area contributed by atoms with Crippen LogP contribution >= 0.6 is 23.1 Å². The fourth-order valence-corrected chi connectivity index (χ4v) is 4.56. The molecular weight excluding hydrogens is 286 g/mol. The Morgan fingerprint density at radius 3 is 2.90 bits per heavy atom. The van der Waals surface area contributed by atoms with Crippen LogP contribution in [0, 0.1) is 0 Å². The third-order valence-corrected chi connectivity index (χ3v) is 6.02. The van der Waals surface area contributed by atoms with Gasteiger partial charge in [-0.25, -0.2) is 4.98 Å². The molecule has 0 aromatic carbocycles. The van der Waals surface area contributed by atoms with Crippen molar-refractivity contribution >= 4 is 28.2 Å². The van der Waals surface area contributed by atoms with Gasteiger partial charge in [-0.3, -0.25) is 0 Å². The highest BCUT2D eigenvalue weighted by atomic mass is 32.2. The maximum atomic E-state index is 5.01. The van der Waals surface area contributed by atoms with Crippen LogP contribution in [0.25, 0.3) is 0 Å². The van der Waals surface area contributed by atoms with E-state index >= 15 is 0 Å². The molecule has 0 unspecified atom stereocenters. The molecule has 1 saturated carbocycles. The van der Waals surface area contributed by atoms with Crippen molar-refractivity contribution in [3.8, 4) is 0 Å². The summed E-state index contributed by atoms with van der Waals surface area (Å²) in [6, 6.07) is 0.544. The molecule has 0 amide bonds. The molecular formula is C15H25N3S2. The number of rotatable bonds is 5. The average Bonchev–Trinajstić information content (AvgIpc) is 3.22. The molecule has 0 bridgehead atoms. The largest absolute Gasteiger partial charge is 0.347 e. The lowest BCUT2D eigenvalue weighted by Gasteiger charge is -2.18. The first-order chi connectivity index (χ1) is 9.74. The summed E-state index contributed by atoms with van der Waals surface area (Å²) in [4.78, 5) is 9.00. The van der Waals surface area contributed by atoms with Crippen LogP contribution in [0.5, 0.6) is 0 Å². The van der Waals surface area contributed by atoms with Gasteiger partial charge in [-0.05, 0) is 25.0 Å². The fraction of sp³-hybridized carbons (Fsp3) is 0.800. The van der Waals surface area contributed by atoms with Crippen LogP contribution in [0.2, 0.25) is 0 Å². The van der Waals surface area contributed by atoms with Gasteiger partial charge in [-0.15, -0.1) is 11.3 Å². The van der Waals surface area contributed by atoms with Gasteiger partial charge in [0.1, 0.15) is 0 Å². The fourth-order valence-electron chi connectivity index (χ4n) is 2.52. The molecule has 1 saturated heterocycles. The van der Waals surface area contributed by atoms with Crippen molar-refractivity contribution in [2.75, 3.05) is 29.5 Å². The second-order valence-corrected chi connectivity index (χ2v) is 8.35. The predicted octanol–water partition coefficient (Wildman–Crippen LogP) is 3.46. The first-order valence-corrected chi connectivity index (χ1v) is 9.77. The van der Waals surface area contributed by atoms with Crippen LogP contribution in [0.1, 0.15) is 49.6 Å². The summed E-state index contributed by atoms with van der Waals surface area (Å²) in [5.74, 6) is 3.31. The Morgan fingerprint density at radius 2 is 2.15 bits per heavy atom. The average molecular weight is 312 g/mol. The monoisotopic (exact) mass is 311 g/mol.